The summed E-state index contributed by atoms with van der Waals surface area (Å²) in [6.45, 7) is 7.17. The summed E-state index contributed by atoms with van der Waals surface area (Å²) in [5.74, 6) is -1.38. The Morgan fingerprint density at radius 3 is 2.47 bits per heavy atom. The minimum absolute atomic E-state index is 0.111. The van der Waals surface area contributed by atoms with Crippen LogP contribution >= 0.6 is 0 Å². The minimum Gasteiger partial charge on any atom is -0.459 e. The van der Waals surface area contributed by atoms with Crippen LogP contribution in [0, 0.1) is 0 Å². The Kier molecular flexibility index (Phi) is 5.97. The largest absolute Gasteiger partial charge is 0.459 e. The van der Waals surface area contributed by atoms with Crippen LogP contribution in [0.1, 0.15) is 33.1 Å². The molecule has 0 saturated carbocycles. The highest BCUT2D eigenvalue weighted by Crippen LogP contribution is 2.10. The first-order valence-electron chi connectivity index (χ1n) is 6.37. The van der Waals surface area contributed by atoms with E-state index in [1.165, 1.54) is 0 Å². The van der Waals surface area contributed by atoms with Gasteiger partial charge in [-0.1, -0.05) is 6.92 Å². The second kappa shape index (κ2) is 7.27. The molecule has 0 spiro atoms. The SMILES string of the molecule is CCCN1CCC(NC(=O)C(=O)OCC)CC1. The van der Waals surface area contributed by atoms with E-state index >= 15 is 0 Å². The average Bonchev–Trinajstić information content (AvgIpc) is 2.32. The molecule has 1 rings (SSSR count). The predicted octanol–water partition coefficient (Wildman–Crippen LogP) is 0.540. The van der Waals surface area contributed by atoms with Gasteiger partial charge in [0.2, 0.25) is 0 Å². The summed E-state index contributed by atoms with van der Waals surface area (Å²) in [6, 6.07) is 0.111. The van der Waals surface area contributed by atoms with Gasteiger partial charge in [0.1, 0.15) is 0 Å². The monoisotopic (exact) mass is 242 g/mol. The molecule has 0 radical (unpaired) electrons. The number of esters is 1. The third-order valence-electron chi connectivity index (χ3n) is 2.92. The van der Waals surface area contributed by atoms with E-state index in [0.29, 0.717) is 0 Å². The Balaban J connectivity index is 2.25. The first-order valence-corrected chi connectivity index (χ1v) is 6.37. The number of hydrogen-bond donors (Lipinski definition) is 1. The third-order valence-corrected chi connectivity index (χ3v) is 2.92. The lowest BCUT2D eigenvalue weighted by atomic mass is 10.0. The maximum atomic E-state index is 11.4. The summed E-state index contributed by atoms with van der Waals surface area (Å²) < 4.78 is 4.64. The number of ether oxygens (including phenoxy) is 1. The van der Waals surface area contributed by atoms with Crippen molar-refractivity contribution in [3.05, 3.63) is 0 Å². The van der Waals surface area contributed by atoms with E-state index in [9.17, 15) is 9.59 Å². The topological polar surface area (TPSA) is 58.6 Å². The second-order valence-electron chi connectivity index (χ2n) is 4.31. The summed E-state index contributed by atoms with van der Waals surface area (Å²) in [5, 5.41) is 2.73. The van der Waals surface area contributed by atoms with Gasteiger partial charge in [-0.05, 0) is 32.7 Å². The highest BCUT2D eigenvalue weighted by atomic mass is 16.5. The van der Waals surface area contributed by atoms with Crippen molar-refractivity contribution in [2.45, 2.75) is 39.2 Å². The van der Waals surface area contributed by atoms with Crippen LogP contribution in [0.4, 0.5) is 0 Å². The van der Waals surface area contributed by atoms with Gasteiger partial charge in [-0.2, -0.15) is 0 Å². The number of carbonyl (C=O) groups excluding carboxylic acids is 2. The molecule has 1 N–H and O–H groups in total. The molecule has 0 aromatic carbocycles. The van der Waals surface area contributed by atoms with Gasteiger partial charge in [0.05, 0.1) is 6.61 Å². The van der Waals surface area contributed by atoms with Crippen LogP contribution in [-0.2, 0) is 14.3 Å². The van der Waals surface area contributed by atoms with Crippen molar-refractivity contribution in [1.29, 1.82) is 0 Å². The number of nitrogens with zero attached hydrogens (tertiary/aromatic N) is 1. The van der Waals surface area contributed by atoms with Gasteiger partial charge in [-0.15, -0.1) is 0 Å². The van der Waals surface area contributed by atoms with E-state index in [-0.39, 0.29) is 12.6 Å². The van der Waals surface area contributed by atoms with Crippen molar-refractivity contribution in [3.8, 4) is 0 Å². The molecule has 1 aliphatic rings. The van der Waals surface area contributed by atoms with Gasteiger partial charge in [0.15, 0.2) is 0 Å². The number of piperidine rings is 1. The Morgan fingerprint density at radius 2 is 1.94 bits per heavy atom. The normalized spacial score (nSPS) is 17.8. The fourth-order valence-electron chi connectivity index (χ4n) is 2.06. The number of rotatable bonds is 4. The van der Waals surface area contributed by atoms with Crippen molar-refractivity contribution >= 4 is 11.9 Å². The summed E-state index contributed by atoms with van der Waals surface area (Å²) in [6.07, 6.45) is 2.97. The van der Waals surface area contributed by atoms with Gasteiger partial charge in [-0.3, -0.25) is 4.79 Å². The summed E-state index contributed by atoms with van der Waals surface area (Å²) in [5.41, 5.74) is 0. The highest BCUT2D eigenvalue weighted by molar-refractivity contribution is 6.32. The van der Waals surface area contributed by atoms with E-state index in [1.807, 2.05) is 0 Å². The lowest BCUT2D eigenvalue weighted by molar-refractivity contribution is -0.155. The van der Waals surface area contributed by atoms with Crippen LogP contribution in [0.5, 0.6) is 0 Å². The molecule has 5 heteroatoms. The molecule has 0 bridgehead atoms. The third kappa shape index (κ3) is 4.73. The molecule has 17 heavy (non-hydrogen) atoms. The van der Waals surface area contributed by atoms with Crippen LogP contribution in [0.3, 0.4) is 0 Å². The van der Waals surface area contributed by atoms with Gasteiger partial charge in [0.25, 0.3) is 0 Å². The zero-order valence-corrected chi connectivity index (χ0v) is 10.7. The molecule has 1 heterocycles. The molecule has 0 atom stereocenters. The number of carbonyl (C=O) groups is 2. The number of nitrogens with one attached hydrogen (secondary N) is 1. The molecular formula is C12H22N2O3. The summed E-state index contributed by atoms with van der Waals surface area (Å²) in [4.78, 5) is 24.9. The summed E-state index contributed by atoms with van der Waals surface area (Å²) >= 11 is 0. The van der Waals surface area contributed by atoms with Gasteiger partial charge < -0.3 is 15.0 Å². The smallest absolute Gasteiger partial charge is 0.396 e. The molecule has 0 unspecified atom stereocenters. The lowest BCUT2D eigenvalue weighted by Crippen LogP contribution is -2.47. The quantitative estimate of drug-likeness (QED) is 0.577. The number of likely N-dealkylation sites (tertiary alicyclic amines) is 1. The van der Waals surface area contributed by atoms with Gasteiger partial charge in [-0.25, -0.2) is 4.79 Å². The van der Waals surface area contributed by atoms with Crippen molar-refractivity contribution in [1.82, 2.24) is 10.2 Å². The summed E-state index contributed by atoms with van der Waals surface area (Å²) in [7, 11) is 0. The predicted molar refractivity (Wildman–Crippen MR) is 64.5 cm³/mol. The van der Waals surface area contributed by atoms with Gasteiger partial charge >= 0.3 is 11.9 Å². The number of amides is 1. The molecule has 0 aromatic heterocycles. The molecule has 98 valence electrons. The lowest BCUT2D eigenvalue weighted by Gasteiger charge is -2.31. The molecule has 5 nitrogen and oxygen atoms in total. The van der Waals surface area contributed by atoms with Crippen molar-refractivity contribution in [2.24, 2.45) is 0 Å². The van der Waals surface area contributed by atoms with E-state index in [4.69, 9.17) is 0 Å². The molecule has 1 amide bonds. The Labute approximate surface area is 102 Å². The van der Waals surface area contributed by atoms with E-state index in [0.717, 1.165) is 38.9 Å². The zero-order chi connectivity index (χ0) is 12.7. The first kappa shape index (κ1) is 14.0. The van der Waals surface area contributed by atoms with Crippen LogP contribution in [0.25, 0.3) is 0 Å². The number of hydrogen-bond acceptors (Lipinski definition) is 4. The Bertz CT molecular complexity index is 260. The molecule has 0 aliphatic carbocycles. The molecule has 0 aromatic rings. The fraction of sp³-hybridized carbons (Fsp3) is 0.833. The minimum atomic E-state index is -0.775. The van der Waals surface area contributed by atoms with Crippen LogP contribution in [-0.4, -0.2) is 49.1 Å². The van der Waals surface area contributed by atoms with E-state index in [1.54, 1.807) is 6.92 Å². The van der Waals surface area contributed by atoms with Crippen molar-refractivity contribution in [2.75, 3.05) is 26.2 Å². The molecule has 1 saturated heterocycles. The van der Waals surface area contributed by atoms with Crippen LogP contribution in [0.2, 0.25) is 0 Å². The highest BCUT2D eigenvalue weighted by Gasteiger charge is 2.23. The van der Waals surface area contributed by atoms with Crippen LogP contribution in [0.15, 0.2) is 0 Å². The van der Waals surface area contributed by atoms with E-state index in [2.05, 4.69) is 21.9 Å². The molecule has 1 aliphatic heterocycles. The zero-order valence-electron chi connectivity index (χ0n) is 10.7. The van der Waals surface area contributed by atoms with Gasteiger partial charge in [0, 0.05) is 19.1 Å². The van der Waals surface area contributed by atoms with Crippen molar-refractivity contribution < 1.29 is 14.3 Å². The molecule has 1 fully saturated rings. The standard InChI is InChI=1S/C12H22N2O3/c1-3-7-14-8-5-10(6-9-14)13-11(15)12(16)17-4-2/h10H,3-9H2,1-2H3,(H,13,15). The van der Waals surface area contributed by atoms with Crippen LogP contribution < -0.4 is 5.32 Å². The Morgan fingerprint density at radius 1 is 1.29 bits per heavy atom. The Hall–Kier alpha value is -1.10. The first-order chi connectivity index (χ1) is 8.17. The second-order valence-corrected chi connectivity index (χ2v) is 4.31. The van der Waals surface area contributed by atoms with Crippen molar-refractivity contribution in [3.63, 3.8) is 0 Å². The average molecular weight is 242 g/mol. The maximum absolute atomic E-state index is 11.4. The van der Waals surface area contributed by atoms with E-state index < -0.39 is 11.9 Å². The fourth-order valence-corrected chi connectivity index (χ4v) is 2.06. The molecular weight excluding hydrogens is 220 g/mol. The maximum Gasteiger partial charge on any atom is 0.396 e.